The SMILES string of the molecule is CC1CCCCCN1c1nc(N)nc2ccccc12. The lowest BCUT2D eigenvalue weighted by molar-refractivity contribution is 0.613. The zero-order valence-corrected chi connectivity index (χ0v) is 11.3. The van der Waals surface area contributed by atoms with E-state index in [1.54, 1.807) is 0 Å². The van der Waals surface area contributed by atoms with Gasteiger partial charge in [0.25, 0.3) is 0 Å². The van der Waals surface area contributed by atoms with Gasteiger partial charge in [0.2, 0.25) is 5.95 Å². The topological polar surface area (TPSA) is 55.0 Å². The van der Waals surface area contributed by atoms with Crippen LogP contribution in [-0.2, 0) is 0 Å². The number of hydrogen-bond acceptors (Lipinski definition) is 4. The lowest BCUT2D eigenvalue weighted by atomic mass is 10.1. The van der Waals surface area contributed by atoms with Crippen molar-refractivity contribution in [2.75, 3.05) is 17.2 Å². The molecule has 0 saturated carbocycles. The van der Waals surface area contributed by atoms with Crippen molar-refractivity contribution in [1.82, 2.24) is 9.97 Å². The zero-order valence-electron chi connectivity index (χ0n) is 11.3. The third-order valence-electron chi connectivity index (χ3n) is 3.93. The highest BCUT2D eigenvalue weighted by molar-refractivity contribution is 5.90. The number of rotatable bonds is 1. The first kappa shape index (κ1) is 12.2. The van der Waals surface area contributed by atoms with E-state index in [0.29, 0.717) is 12.0 Å². The Balaban J connectivity index is 2.12. The Bertz CT molecular complexity index is 581. The van der Waals surface area contributed by atoms with E-state index >= 15 is 0 Å². The van der Waals surface area contributed by atoms with E-state index in [9.17, 15) is 0 Å². The highest BCUT2D eigenvalue weighted by Gasteiger charge is 2.20. The number of benzene rings is 1. The van der Waals surface area contributed by atoms with Gasteiger partial charge in [-0.3, -0.25) is 0 Å². The van der Waals surface area contributed by atoms with Crippen LogP contribution in [0.5, 0.6) is 0 Å². The van der Waals surface area contributed by atoms with Crippen LogP contribution in [0.4, 0.5) is 11.8 Å². The molecule has 4 heteroatoms. The van der Waals surface area contributed by atoms with Crippen LogP contribution in [0.3, 0.4) is 0 Å². The van der Waals surface area contributed by atoms with Gasteiger partial charge in [-0.1, -0.05) is 25.0 Å². The summed E-state index contributed by atoms with van der Waals surface area (Å²) in [5.41, 5.74) is 6.80. The number of nitrogen functional groups attached to an aromatic ring is 1. The number of nitrogens with zero attached hydrogens (tertiary/aromatic N) is 3. The number of fused-ring (bicyclic) bond motifs is 1. The van der Waals surface area contributed by atoms with E-state index < -0.39 is 0 Å². The fourth-order valence-electron chi connectivity index (χ4n) is 2.89. The molecule has 1 aromatic heterocycles. The van der Waals surface area contributed by atoms with Crippen molar-refractivity contribution < 1.29 is 0 Å². The summed E-state index contributed by atoms with van der Waals surface area (Å²) < 4.78 is 0. The Morgan fingerprint density at radius 1 is 1.16 bits per heavy atom. The van der Waals surface area contributed by atoms with Gasteiger partial charge in [0.05, 0.1) is 5.52 Å². The summed E-state index contributed by atoms with van der Waals surface area (Å²) in [4.78, 5) is 11.2. The Morgan fingerprint density at radius 3 is 2.89 bits per heavy atom. The first-order valence-corrected chi connectivity index (χ1v) is 7.04. The summed E-state index contributed by atoms with van der Waals surface area (Å²) >= 11 is 0. The molecule has 2 N–H and O–H groups in total. The summed E-state index contributed by atoms with van der Waals surface area (Å²) in [5, 5.41) is 1.10. The van der Waals surface area contributed by atoms with Crippen LogP contribution < -0.4 is 10.6 Å². The average Bonchev–Trinajstić information content (AvgIpc) is 2.62. The first-order valence-electron chi connectivity index (χ1n) is 7.04. The number of para-hydroxylation sites is 1. The largest absolute Gasteiger partial charge is 0.368 e. The zero-order chi connectivity index (χ0) is 13.2. The second kappa shape index (κ2) is 5.03. The summed E-state index contributed by atoms with van der Waals surface area (Å²) in [5.74, 6) is 1.36. The Hall–Kier alpha value is -1.84. The highest BCUT2D eigenvalue weighted by Crippen LogP contribution is 2.29. The summed E-state index contributed by atoms with van der Waals surface area (Å²) in [6.45, 7) is 3.33. The minimum Gasteiger partial charge on any atom is -0.368 e. The number of anilines is 2. The number of hydrogen-bond donors (Lipinski definition) is 1. The number of nitrogens with two attached hydrogens (primary N) is 1. The van der Waals surface area contributed by atoms with Crippen LogP contribution in [0.2, 0.25) is 0 Å². The maximum atomic E-state index is 5.87. The second-order valence-electron chi connectivity index (χ2n) is 5.31. The van der Waals surface area contributed by atoms with Crippen LogP contribution >= 0.6 is 0 Å². The predicted octanol–water partition coefficient (Wildman–Crippen LogP) is 2.98. The molecule has 3 rings (SSSR count). The van der Waals surface area contributed by atoms with Gasteiger partial charge in [-0.15, -0.1) is 0 Å². The van der Waals surface area contributed by atoms with Crippen molar-refractivity contribution in [2.24, 2.45) is 0 Å². The molecule has 1 saturated heterocycles. The van der Waals surface area contributed by atoms with Crippen LogP contribution in [0, 0.1) is 0 Å². The van der Waals surface area contributed by atoms with Gasteiger partial charge in [-0.2, -0.15) is 4.98 Å². The quantitative estimate of drug-likeness (QED) is 0.852. The summed E-state index contributed by atoms with van der Waals surface area (Å²) in [7, 11) is 0. The lowest BCUT2D eigenvalue weighted by Gasteiger charge is -2.29. The first-order chi connectivity index (χ1) is 9.25. The molecule has 1 aromatic carbocycles. The minimum absolute atomic E-state index is 0.366. The molecule has 2 aromatic rings. The number of aromatic nitrogens is 2. The molecule has 1 atom stereocenters. The van der Waals surface area contributed by atoms with Gasteiger partial charge in [-0.05, 0) is 31.9 Å². The standard InChI is InChI=1S/C15H20N4/c1-11-7-3-2-6-10-19(11)14-12-8-4-5-9-13(12)17-15(16)18-14/h4-5,8-9,11H,2-3,6-7,10H2,1H3,(H2,16,17,18). The van der Waals surface area contributed by atoms with Crippen molar-refractivity contribution in [2.45, 2.75) is 38.6 Å². The van der Waals surface area contributed by atoms with Crippen LogP contribution in [0.15, 0.2) is 24.3 Å². The van der Waals surface area contributed by atoms with E-state index in [1.807, 2.05) is 18.2 Å². The predicted molar refractivity (Wildman–Crippen MR) is 79.2 cm³/mol. The fraction of sp³-hybridized carbons (Fsp3) is 0.467. The van der Waals surface area contributed by atoms with E-state index in [2.05, 4.69) is 27.9 Å². The molecule has 0 aliphatic carbocycles. The van der Waals surface area contributed by atoms with Crippen LogP contribution in [0.1, 0.15) is 32.6 Å². The molecule has 0 radical (unpaired) electrons. The molecule has 2 heterocycles. The normalized spacial score (nSPS) is 20.5. The molecule has 4 nitrogen and oxygen atoms in total. The summed E-state index contributed by atoms with van der Waals surface area (Å²) in [6.07, 6.45) is 5.05. The van der Waals surface area contributed by atoms with Gasteiger partial charge >= 0.3 is 0 Å². The van der Waals surface area contributed by atoms with E-state index in [1.165, 1.54) is 25.7 Å². The molecule has 0 bridgehead atoms. The summed E-state index contributed by atoms with van der Waals surface area (Å²) in [6, 6.07) is 8.62. The van der Waals surface area contributed by atoms with Crippen LogP contribution in [-0.4, -0.2) is 22.6 Å². The minimum atomic E-state index is 0.366. The van der Waals surface area contributed by atoms with Crippen molar-refractivity contribution in [3.8, 4) is 0 Å². The van der Waals surface area contributed by atoms with Gasteiger partial charge in [0.1, 0.15) is 5.82 Å². The molecule has 19 heavy (non-hydrogen) atoms. The molecule has 1 unspecified atom stereocenters. The monoisotopic (exact) mass is 256 g/mol. The van der Waals surface area contributed by atoms with Gasteiger partial charge < -0.3 is 10.6 Å². The third-order valence-corrected chi connectivity index (χ3v) is 3.93. The Labute approximate surface area is 113 Å². The van der Waals surface area contributed by atoms with E-state index in [4.69, 9.17) is 5.73 Å². The lowest BCUT2D eigenvalue weighted by Crippen LogP contribution is -2.33. The average molecular weight is 256 g/mol. The van der Waals surface area contributed by atoms with Crippen molar-refractivity contribution >= 4 is 22.7 Å². The Kier molecular flexibility index (Phi) is 3.23. The van der Waals surface area contributed by atoms with Crippen molar-refractivity contribution in [3.63, 3.8) is 0 Å². The van der Waals surface area contributed by atoms with Crippen molar-refractivity contribution in [3.05, 3.63) is 24.3 Å². The molecular weight excluding hydrogens is 236 g/mol. The molecule has 0 amide bonds. The molecule has 1 aliphatic heterocycles. The maximum Gasteiger partial charge on any atom is 0.222 e. The van der Waals surface area contributed by atoms with Gasteiger partial charge in [0.15, 0.2) is 0 Å². The van der Waals surface area contributed by atoms with Crippen molar-refractivity contribution in [1.29, 1.82) is 0 Å². The van der Waals surface area contributed by atoms with E-state index in [0.717, 1.165) is 23.3 Å². The molecular formula is C15H20N4. The van der Waals surface area contributed by atoms with Gasteiger partial charge in [-0.25, -0.2) is 4.98 Å². The molecule has 0 spiro atoms. The smallest absolute Gasteiger partial charge is 0.222 e. The third kappa shape index (κ3) is 2.35. The Morgan fingerprint density at radius 2 is 2.00 bits per heavy atom. The molecule has 1 fully saturated rings. The van der Waals surface area contributed by atoms with Gasteiger partial charge in [0, 0.05) is 18.0 Å². The fourth-order valence-corrected chi connectivity index (χ4v) is 2.89. The highest BCUT2D eigenvalue weighted by atomic mass is 15.2. The maximum absolute atomic E-state index is 5.87. The second-order valence-corrected chi connectivity index (χ2v) is 5.31. The van der Waals surface area contributed by atoms with E-state index in [-0.39, 0.29) is 0 Å². The van der Waals surface area contributed by atoms with Crippen LogP contribution in [0.25, 0.3) is 10.9 Å². The molecule has 1 aliphatic rings. The molecule has 100 valence electrons.